The number of pyridine rings is 1. The molecule has 0 spiro atoms. The maximum absolute atomic E-state index is 12.5. The summed E-state index contributed by atoms with van der Waals surface area (Å²) in [6.07, 6.45) is 7.45. The number of aryl methyl sites for hydroxylation is 1. The zero-order chi connectivity index (χ0) is 20.8. The minimum atomic E-state index is -0.424. The molecule has 3 heterocycles. The molecule has 30 heavy (non-hydrogen) atoms. The van der Waals surface area contributed by atoms with Gasteiger partial charge in [0.15, 0.2) is 0 Å². The molecule has 4 aromatic rings. The van der Waals surface area contributed by atoms with Gasteiger partial charge in [-0.1, -0.05) is 0 Å². The van der Waals surface area contributed by atoms with Gasteiger partial charge in [0.05, 0.1) is 6.61 Å². The van der Waals surface area contributed by atoms with Crippen LogP contribution < -0.4 is 10.3 Å². The van der Waals surface area contributed by atoms with E-state index < -0.39 is 6.10 Å². The molecule has 0 aliphatic heterocycles. The summed E-state index contributed by atoms with van der Waals surface area (Å²) in [6.45, 7) is 2.98. The topological polar surface area (TPSA) is 89.1 Å². The first kappa shape index (κ1) is 18.5. The number of nitrogens with one attached hydrogen (secondary N) is 2. The van der Waals surface area contributed by atoms with Crippen molar-refractivity contribution in [3.05, 3.63) is 52.7 Å². The van der Waals surface area contributed by atoms with Gasteiger partial charge in [0.1, 0.15) is 17.4 Å². The first-order valence-electron chi connectivity index (χ1n) is 10.1. The van der Waals surface area contributed by atoms with Gasteiger partial charge in [0.25, 0.3) is 12.0 Å². The second kappa shape index (κ2) is 7.09. The molecule has 1 fully saturated rings. The summed E-state index contributed by atoms with van der Waals surface area (Å²) in [7, 11) is 1.86. The molecule has 5 rings (SSSR count). The molecule has 3 aromatic heterocycles. The fourth-order valence-corrected chi connectivity index (χ4v) is 4.15. The van der Waals surface area contributed by atoms with Crippen LogP contribution in [0.4, 0.5) is 0 Å². The summed E-state index contributed by atoms with van der Waals surface area (Å²) in [5, 5.41) is 1.78. The van der Waals surface area contributed by atoms with Crippen LogP contribution in [0, 0.1) is 5.92 Å². The Kier molecular flexibility index (Phi) is 4.38. The normalized spacial score (nSPS) is 14.9. The van der Waals surface area contributed by atoms with Crippen molar-refractivity contribution in [1.29, 1.82) is 0 Å². The van der Waals surface area contributed by atoms with Crippen molar-refractivity contribution in [3.63, 3.8) is 0 Å². The van der Waals surface area contributed by atoms with Gasteiger partial charge in [0.2, 0.25) is 0 Å². The Bertz CT molecular complexity index is 1310. The van der Waals surface area contributed by atoms with Gasteiger partial charge in [-0.05, 0) is 43.9 Å². The van der Waals surface area contributed by atoms with E-state index in [1.165, 1.54) is 12.8 Å². The molecule has 154 valence electrons. The Morgan fingerprint density at radius 1 is 1.27 bits per heavy atom. The number of ether oxygens (including phenoxy) is 2. The summed E-state index contributed by atoms with van der Waals surface area (Å²) in [5.41, 5.74) is 4.07. The molecule has 1 saturated carbocycles. The highest BCUT2D eigenvalue weighted by Crippen LogP contribution is 2.44. The lowest BCUT2D eigenvalue weighted by atomic mass is 9.96. The van der Waals surface area contributed by atoms with Gasteiger partial charge < -0.3 is 24.0 Å². The standard InChI is InChI=1S/C23H23N3O4/c1-13(30-12-27)16-9-25-18-5-6-19(29-11-14-3-4-14)21(20(16)18)17-10-26(2)22-15(17)7-8-24-23(22)28/h5-10,12-14,25H,3-4,11H2,1-2H3,(H,24,28). The van der Waals surface area contributed by atoms with E-state index >= 15 is 0 Å². The molecule has 0 saturated heterocycles. The van der Waals surface area contributed by atoms with Crippen LogP contribution in [0.25, 0.3) is 32.9 Å². The van der Waals surface area contributed by atoms with Crippen LogP contribution in [-0.4, -0.2) is 27.6 Å². The molecule has 1 aliphatic carbocycles. The first-order valence-corrected chi connectivity index (χ1v) is 10.1. The predicted molar refractivity (Wildman–Crippen MR) is 115 cm³/mol. The number of fused-ring (bicyclic) bond motifs is 2. The Hall–Kier alpha value is -3.48. The quantitative estimate of drug-likeness (QED) is 0.454. The van der Waals surface area contributed by atoms with Gasteiger partial charge >= 0.3 is 0 Å². The van der Waals surface area contributed by atoms with E-state index in [1.807, 2.05) is 49.1 Å². The van der Waals surface area contributed by atoms with Crippen LogP contribution in [0.3, 0.4) is 0 Å². The monoisotopic (exact) mass is 405 g/mol. The molecular weight excluding hydrogens is 382 g/mol. The van der Waals surface area contributed by atoms with Gasteiger partial charge in [-0.25, -0.2) is 0 Å². The number of aromatic amines is 2. The van der Waals surface area contributed by atoms with Crippen molar-refractivity contribution < 1.29 is 14.3 Å². The lowest BCUT2D eigenvalue weighted by Crippen LogP contribution is -2.07. The molecule has 0 radical (unpaired) electrons. The summed E-state index contributed by atoms with van der Waals surface area (Å²) < 4.78 is 13.3. The summed E-state index contributed by atoms with van der Waals surface area (Å²) in [5.74, 6) is 1.37. The highest BCUT2D eigenvalue weighted by atomic mass is 16.5. The van der Waals surface area contributed by atoms with Gasteiger partial charge in [-0.3, -0.25) is 9.59 Å². The summed E-state index contributed by atoms with van der Waals surface area (Å²) >= 11 is 0. The van der Waals surface area contributed by atoms with E-state index in [0.717, 1.165) is 38.7 Å². The number of rotatable bonds is 7. The van der Waals surface area contributed by atoms with Crippen LogP contribution in [0.5, 0.6) is 5.75 Å². The van der Waals surface area contributed by atoms with Gasteiger partial charge in [0, 0.05) is 58.6 Å². The van der Waals surface area contributed by atoms with E-state index in [0.29, 0.717) is 24.5 Å². The van der Waals surface area contributed by atoms with Crippen LogP contribution in [0.15, 0.2) is 41.6 Å². The van der Waals surface area contributed by atoms with E-state index in [1.54, 1.807) is 6.20 Å². The van der Waals surface area contributed by atoms with E-state index in [9.17, 15) is 9.59 Å². The second-order valence-electron chi connectivity index (χ2n) is 7.96. The third-order valence-corrected chi connectivity index (χ3v) is 5.88. The summed E-state index contributed by atoms with van der Waals surface area (Å²) in [6, 6.07) is 5.86. The van der Waals surface area contributed by atoms with E-state index in [2.05, 4.69) is 9.97 Å². The molecule has 1 aromatic carbocycles. The number of hydrogen-bond donors (Lipinski definition) is 2. The highest BCUT2D eigenvalue weighted by Gasteiger charge is 2.26. The Labute approximate surface area is 172 Å². The van der Waals surface area contributed by atoms with Gasteiger partial charge in [-0.2, -0.15) is 0 Å². The third kappa shape index (κ3) is 2.98. The largest absolute Gasteiger partial charge is 0.493 e. The molecule has 7 heteroatoms. The predicted octanol–water partition coefficient (Wildman–Crippen LogP) is 4.04. The van der Waals surface area contributed by atoms with Crippen molar-refractivity contribution in [2.75, 3.05) is 6.61 Å². The second-order valence-corrected chi connectivity index (χ2v) is 7.96. The SMILES string of the molecule is CC(OC=O)c1c[nH]c2ccc(OCC3CC3)c(-c3cn(C)c4c(=O)[nH]ccc34)c12. The maximum Gasteiger partial charge on any atom is 0.293 e. The molecule has 0 bridgehead atoms. The van der Waals surface area contributed by atoms with Crippen molar-refractivity contribution >= 4 is 28.3 Å². The number of benzene rings is 1. The molecule has 1 unspecified atom stereocenters. The smallest absolute Gasteiger partial charge is 0.293 e. The van der Waals surface area contributed by atoms with Crippen LogP contribution >= 0.6 is 0 Å². The molecule has 2 N–H and O–H groups in total. The average molecular weight is 405 g/mol. The zero-order valence-electron chi connectivity index (χ0n) is 16.9. The fourth-order valence-electron chi connectivity index (χ4n) is 4.15. The summed E-state index contributed by atoms with van der Waals surface area (Å²) in [4.78, 5) is 29.5. The lowest BCUT2D eigenvalue weighted by Gasteiger charge is -2.15. The maximum atomic E-state index is 12.5. The Morgan fingerprint density at radius 3 is 2.87 bits per heavy atom. The fraction of sp³-hybridized carbons (Fsp3) is 0.304. The van der Waals surface area contributed by atoms with Crippen LogP contribution in [0.1, 0.15) is 31.4 Å². The number of aromatic nitrogens is 3. The average Bonchev–Trinajstić information content (AvgIpc) is 3.36. The van der Waals surface area contributed by atoms with Crippen molar-refractivity contribution in [1.82, 2.24) is 14.5 Å². The molecule has 0 amide bonds. The molecule has 7 nitrogen and oxygen atoms in total. The number of carbonyl (C=O) groups is 1. The van der Waals surface area contributed by atoms with Crippen molar-refractivity contribution in [3.8, 4) is 16.9 Å². The van der Waals surface area contributed by atoms with E-state index in [-0.39, 0.29) is 5.56 Å². The molecular formula is C23H23N3O4. The Balaban J connectivity index is 1.81. The minimum absolute atomic E-state index is 0.138. The van der Waals surface area contributed by atoms with Crippen LogP contribution in [-0.2, 0) is 16.6 Å². The van der Waals surface area contributed by atoms with Crippen molar-refractivity contribution in [2.24, 2.45) is 13.0 Å². The lowest BCUT2D eigenvalue weighted by molar-refractivity contribution is -0.133. The molecule has 1 atom stereocenters. The first-order chi connectivity index (χ1) is 14.6. The number of carbonyl (C=O) groups excluding carboxylic acids is 1. The number of hydrogen-bond acceptors (Lipinski definition) is 4. The zero-order valence-corrected chi connectivity index (χ0v) is 16.9. The van der Waals surface area contributed by atoms with E-state index in [4.69, 9.17) is 9.47 Å². The van der Waals surface area contributed by atoms with Crippen molar-refractivity contribution in [2.45, 2.75) is 25.9 Å². The highest BCUT2D eigenvalue weighted by molar-refractivity contribution is 6.08. The Morgan fingerprint density at radius 2 is 2.10 bits per heavy atom. The van der Waals surface area contributed by atoms with Crippen LogP contribution in [0.2, 0.25) is 0 Å². The number of nitrogens with zero attached hydrogens (tertiary/aromatic N) is 1. The number of H-pyrrole nitrogens is 2. The van der Waals surface area contributed by atoms with Gasteiger partial charge in [-0.15, -0.1) is 0 Å². The molecule has 1 aliphatic rings. The minimum Gasteiger partial charge on any atom is -0.493 e. The third-order valence-electron chi connectivity index (χ3n) is 5.88.